The lowest BCUT2D eigenvalue weighted by atomic mass is 10.1. The summed E-state index contributed by atoms with van der Waals surface area (Å²) < 4.78 is 2.22. The monoisotopic (exact) mass is 388 g/mol. The van der Waals surface area contributed by atoms with Crippen LogP contribution in [0.3, 0.4) is 0 Å². The Hall–Kier alpha value is -0.230. The van der Waals surface area contributed by atoms with E-state index in [0.717, 1.165) is 21.9 Å². The van der Waals surface area contributed by atoms with Gasteiger partial charge in [0.05, 0.1) is 5.01 Å². The second-order valence-corrected chi connectivity index (χ2v) is 6.77. The SMILES string of the molecule is CC(NCCc1nccs1)c1ccc(Br)cc1Br. The van der Waals surface area contributed by atoms with Crippen LogP contribution in [0.1, 0.15) is 23.5 Å². The van der Waals surface area contributed by atoms with Crippen molar-refractivity contribution in [2.24, 2.45) is 0 Å². The Balaban J connectivity index is 1.89. The number of benzene rings is 1. The molecule has 2 nitrogen and oxygen atoms in total. The van der Waals surface area contributed by atoms with Gasteiger partial charge >= 0.3 is 0 Å². The molecule has 5 heteroatoms. The van der Waals surface area contributed by atoms with Crippen molar-refractivity contribution in [3.8, 4) is 0 Å². The molecular formula is C13H14Br2N2S. The highest BCUT2D eigenvalue weighted by molar-refractivity contribution is 9.11. The summed E-state index contributed by atoms with van der Waals surface area (Å²) in [6.07, 6.45) is 2.84. The predicted molar refractivity (Wildman–Crippen MR) is 84.1 cm³/mol. The third kappa shape index (κ3) is 3.88. The van der Waals surface area contributed by atoms with Crippen LogP contribution in [-0.2, 0) is 6.42 Å². The van der Waals surface area contributed by atoms with Gasteiger partial charge in [-0.05, 0) is 24.6 Å². The highest BCUT2D eigenvalue weighted by Gasteiger charge is 2.09. The van der Waals surface area contributed by atoms with E-state index < -0.39 is 0 Å². The molecular weight excluding hydrogens is 376 g/mol. The van der Waals surface area contributed by atoms with E-state index in [9.17, 15) is 0 Å². The smallest absolute Gasteiger partial charge is 0.0937 e. The number of nitrogens with zero attached hydrogens (tertiary/aromatic N) is 1. The molecule has 0 fully saturated rings. The number of hydrogen-bond donors (Lipinski definition) is 1. The van der Waals surface area contributed by atoms with Crippen LogP contribution >= 0.6 is 43.2 Å². The van der Waals surface area contributed by atoms with E-state index in [1.807, 2.05) is 11.6 Å². The normalized spacial score (nSPS) is 12.6. The summed E-state index contributed by atoms with van der Waals surface area (Å²) in [5.74, 6) is 0. The average Bonchev–Trinajstić information content (AvgIpc) is 2.81. The lowest BCUT2D eigenvalue weighted by molar-refractivity contribution is 0.574. The van der Waals surface area contributed by atoms with Crippen LogP contribution in [0.4, 0.5) is 0 Å². The first-order valence-electron chi connectivity index (χ1n) is 5.73. The van der Waals surface area contributed by atoms with Gasteiger partial charge in [0.1, 0.15) is 0 Å². The third-order valence-electron chi connectivity index (χ3n) is 2.70. The van der Waals surface area contributed by atoms with E-state index in [-0.39, 0.29) is 0 Å². The quantitative estimate of drug-likeness (QED) is 0.810. The number of nitrogens with one attached hydrogen (secondary N) is 1. The number of rotatable bonds is 5. The van der Waals surface area contributed by atoms with E-state index >= 15 is 0 Å². The number of hydrogen-bond acceptors (Lipinski definition) is 3. The summed E-state index contributed by atoms with van der Waals surface area (Å²) >= 11 is 8.77. The zero-order valence-electron chi connectivity index (χ0n) is 9.99. The lowest BCUT2D eigenvalue weighted by Crippen LogP contribution is -2.21. The van der Waals surface area contributed by atoms with E-state index in [4.69, 9.17) is 0 Å². The van der Waals surface area contributed by atoms with Crippen LogP contribution in [0.15, 0.2) is 38.7 Å². The van der Waals surface area contributed by atoms with Crippen LogP contribution in [0.2, 0.25) is 0 Å². The van der Waals surface area contributed by atoms with Gasteiger partial charge in [-0.3, -0.25) is 0 Å². The number of aromatic nitrogens is 1. The summed E-state index contributed by atoms with van der Waals surface area (Å²) in [5.41, 5.74) is 1.28. The number of halogens is 2. The molecule has 96 valence electrons. The minimum Gasteiger partial charge on any atom is -0.310 e. The maximum atomic E-state index is 4.28. The molecule has 1 aromatic heterocycles. The molecule has 0 saturated carbocycles. The standard InChI is InChI=1S/C13H14Br2N2S/c1-9(11-3-2-10(14)8-12(11)15)16-5-4-13-17-6-7-18-13/h2-3,6-9,16H,4-5H2,1H3. The topological polar surface area (TPSA) is 24.9 Å². The van der Waals surface area contributed by atoms with Crippen molar-refractivity contribution in [3.63, 3.8) is 0 Å². The summed E-state index contributed by atoms with van der Waals surface area (Å²) in [7, 11) is 0. The Morgan fingerprint density at radius 1 is 1.39 bits per heavy atom. The van der Waals surface area contributed by atoms with Gasteiger partial charge in [-0.1, -0.05) is 37.9 Å². The van der Waals surface area contributed by atoms with Crippen LogP contribution in [-0.4, -0.2) is 11.5 Å². The van der Waals surface area contributed by atoms with Gasteiger partial charge in [-0.25, -0.2) is 4.98 Å². The van der Waals surface area contributed by atoms with E-state index in [0.29, 0.717) is 6.04 Å². The van der Waals surface area contributed by atoms with Crippen molar-refractivity contribution in [1.82, 2.24) is 10.3 Å². The second kappa shape index (κ2) is 6.80. The van der Waals surface area contributed by atoms with E-state index in [2.05, 4.69) is 67.3 Å². The molecule has 18 heavy (non-hydrogen) atoms. The van der Waals surface area contributed by atoms with Gasteiger partial charge in [0.2, 0.25) is 0 Å². The highest BCUT2D eigenvalue weighted by Crippen LogP contribution is 2.26. The van der Waals surface area contributed by atoms with Gasteiger partial charge in [0.15, 0.2) is 0 Å². The van der Waals surface area contributed by atoms with Crippen molar-refractivity contribution in [2.75, 3.05) is 6.54 Å². The number of thiazole rings is 1. The van der Waals surface area contributed by atoms with Crippen LogP contribution in [0.5, 0.6) is 0 Å². The van der Waals surface area contributed by atoms with Crippen molar-refractivity contribution in [3.05, 3.63) is 49.3 Å². The van der Waals surface area contributed by atoms with Gasteiger partial charge in [-0.15, -0.1) is 11.3 Å². The third-order valence-corrected chi connectivity index (χ3v) is 4.72. The largest absolute Gasteiger partial charge is 0.310 e. The fourth-order valence-electron chi connectivity index (χ4n) is 1.73. The second-order valence-electron chi connectivity index (χ2n) is 4.02. The molecule has 0 aliphatic rings. The van der Waals surface area contributed by atoms with Gasteiger partial charge in [0.25, 0.3) is 0 Å². The van der Waals surface area contributed by atoms with Crippen molar-refractivity contribution < 1.29 is 0 Å². The lowest BCUT2D eigenvalue weighted by Gasteiger charge is -2.15. The van der Waals surface area contributed by atoms with Crippen molar-refractivity contribution in [1.29, 1.82) is 0 Å². The molecule has 0 aliphatic heterocycles. The molecule has 2 aromatic rings. The first-order valence-corrected chi connectivity index (χ1v) is 8.20. The maximum Gasteiger partial charge on any atom is 0.0937 e. The Bertz CT molecular complexity index is 500. The summed E-state index contributed by atoms with van der Waals surface area (Å²) in [6, 6.07) is 6.61. The summed E-state index contributed by atoms with van der Waals surface area (Å²) in [6.45, 7) is 3.12. The van der Waals surface area contributed by atoms with Crippen LogP contribution in [0, 0.1) is 0 Å². The molecule has 1 unspecified atom stereocenters. The van der Waals surface area contributed by atoms with Gasteiger partial charge in [-0.2, -0.15) is 0 Å². The summed E-state index contributed by atoms with van der Waals surface area (Å²) in [4.78, 5) is 4.28. The molecule has 1 atom stereocenters. The van der Waals surface area contributed by atoms with Gasteiger partial charge < -0.3 is 5.32 Å². The Labute approximate surface area is 128 Å². The molecule has 1 N–H and O–H groups in total. The molecule has 2 rings (SSSR count). The minimum absolute atomic E-state index is 0.326. The minimum atomic E-state index is 0.326. The first-order chi connectivity index (χ1) is 8.66. The molecule has 0 saturated heterocycles. The molecule has 1 heterocycles. The predicted octanol–water partition coefficient (Wildman–Crippen LogP) is 4.56. The average molecular weight is 390 g/mol. The van der Waals surface area contributed by atoms with Gasteiger partial charge in [0, 0.05) is 39.5 Å². The molecule has 0 aliphatic carbocycles. The molecule has 0 spiro atoms. The maximum absolute atomic E-state index is 4.28. The zero-order valence-corrected chi connectivity index (χ0v) is 14.0. The Morgan fingerprint density at radius 3 is 2.89 bits per heavy atom. The van der Waals surface area contributed by atoms with Crippen LogP contribution < -0.4 is 5.32 Å². The molecule has 1 aromatic carbocycles. The highest BCUT2D eigenvalue weighted by atomic mass is 79.9. The Kier molecular flexibility index (Phi) is 5.36. The molecule has 0 amide bonds. The fraction of sp³-hybridized carbons (Fsp3) is 0.308. The molecule has 0 radical (unpaired) electrons. The van der Waals surface area contributed by atoms with E-state index in [1.54, 1.807) is 11.3 Å². The summed E-state index contributed by atoms with van der Waals surface area (Å²) in [5, 5.41) is 6.72. The van der Waals surface area contributed by atoms with Crippen LogP contribution in [0.25, 0.3) is 0 Å². The fourth-order valence-corrected chi connectivity index (χ4v) is 3.75. The Morgan fingerprint density at radius 2 is 2.22 bits per heavy atom. The van der Waals surface area contributed by atoms with E-state index in [1.165, 1.54) is 10.6 Å². The van der Waals surface area contributed by atoms with Crippen molar-refractivity contribution >= 4 is 43.2 Å². The first kappa shape index (κ1) is 14.2. The van der Waals surface area contributed by atoms with Crippen molar-refractivity contribution in [2.45, 2.75) is 19.4 Å². The molecule has 0 bridgehead atoms. The zero-order chi connectivity index (χ0) is 13.0.